The third-order valence-corrected chi connectivity index (χ3v) is 2.80. The van der Waals surface area contributed by atoms with Crippen LogP contribution < -0.4 is 5.32 Å². The maximum atomic E-state index is 5.44. The fraction of sp³-hybridized carbons (Fsp3) is 0.214. The lowest BCUT2D eigenvalue weighted by atomic mass is 10.3. The predicted molar refractivity (Wildman–Crippen MR) is 72.8 cm³/mol. The normalized spacial score (nSPS) is 10.8. The van der Waals surface area contributed by atoms with Gasteiger partial charge in [-0.15, -0.1) is 0 Å². The standard InChI is InChI=1S/C14H14N4O/c1-9-15-6-5-12(17-9)8-16-11-3-4-14-13(7-11)18-10(2)19-14/h3-7,16H,8H2,1-2H3. The predicted octanol–water partition coefficient (Wildman–Crippen LogP) is 2.85. The number of nitrogens with one attached hydrogen (secondary N) is 1. The van der Waals surface area contributed by atoms with Gasteiger partial charge in [0.25, 0.3) is 0 Å². The molecule has 96 valence electrons. The van der Waals surface area contributed by atoms with Crippen molar-refractivity contribution in [1.29, 1.82) is 0 Å². The molecule has 0 amide bonds. The second-order valence-corrected chi connectivity index (χ2v) is 4.36. The van der Waals surface area contributed by atoms with E-state index in [0.29, 0.717) is 12.4 Å². The molecular formula is C14H14N4O. The largest absolute Gasteiger partial charge is 0.441 e. The van der Waals surface area contributed by atoms with Crippen LogP contribution in [0.15, 0.2) is 34.9 Å². The number of aromatic nitrogens is 3. The molecule has 0 bridgehead atoms. The lowest BCUT2D eigenvalue weighted by Gasteiger charge is -2.05. The average molecular weight is 254 g/mol. The van der Waals surface area contributed by atoms with Gasteiger partial charge in [-0.05, 0) is 31.2 Å². The van der Waals surface area contributed by atoms with Gasteiger partial charge in [-0.1, -0.05) is 0 Å². The Balaban J connectivity index is 1.78. The molecule has 1 N–H and O–H groups in total. The molecule has 2 aromatic heterocycles. The van der Waals surface area contributed by atoms with E-state index in [4.69, 9.17) is 4.42 Å². The number of rotatable bonds is 3. The lowest BCUT2D eigenvalue weighted by molar-refractivity contribution is 0.561. The molecule has 19 heavy (non-hydrogen) atoms. The first-order valence-electron chi connectivity index (χ1n) is 6.10. The van der Waals surface area contributed by atoms with Crippen LogP contribution in [0.5, 0.6) is 0 Å². The molecule has 0 saturated heterocycles. The molecule has 0 saturated carbocycles. The number of benzene rings is 1. The van der Waals surface area contributed by atoms with Crippen LogP contribution in [-0.2, 0) is 6.54 Å². The van der Waals surface area contributed by atoms with Crippen LogP contribution in [0, 0.1) is 13.8 Å². The van der Waals surface area contributed by atoms with Gasteiger partial charge in [0.2, 0.25) is 0 Å². The summed E-state index contributed by atoms with van der Waals surface area (Å²) in [5, 5.41) is 3.32. The Labute approximate surface area is 110 Å². The van der Waals surface area contributed by atoms with E-state index in [1.54, 1.807) is 6.20 Å². The average Bonchev–Trinajstić information content (AvgIpc) is 2.75. The van der Waals surface area contributed by atoms with Gasteiger partial charge in [-0.3, -0.25) is 0 Å². The number of nitrogens with zero attached hydrogens (tertiary/aromatic N) is 3. The van der Waals surface area contributed by atoms with Crippen molar-refractivity contribution < 1.29 is 4.42 Å². The minimum Gasteiger partial charge on any atom is -0.441 e. The molecular weight excluding hydrogens is 240 g/mol. The van der Waals surface area contributed by atoms with Crippen molar-refractivity contribution in [3.8, 4) is 0 Å². The van der Waals surface area contributed by atoms with Crippen molar-refractivity contribution in [2.45, 2.75) is 20.4 Å². The molecule has 5 nitrogen and oxygen atoms in total. The maximum absolute atomic E-state index is 5.44. The van der Waals surface area contributed by atoms with Gasteiger partial charge in [-0.2, -0.15) is 0 Å². The Morgan fingerprint density at radius 2 is 2.05 bits per heavy atom. The highest BCUT2D eigenvalue weighted by atomic mass is 16.3. The SMILES string of the molecule is Cc1nccc(CNc2ccc3oc(C)nc3c2)n1. The van der Waals surface area contributed by atoms with E-state index < -0.39 is 0 Å². The van der Waals surface area contributed by atoms with Crippen molar-refractivity contribution in [3.63, 3.8) is 0 Å². The highest BCUT2D eigenvalue weighted by Crippen LogP contribution is 2.19. The molecule has 2 heterocycles. The highest BCUT2D eigenvalue weighted by Gasteiger charge is 2.03. The van der Waals surface area contributed by atoms with Gasteiger partial charge in [0.05, 0.1) is 12.2 Å². The number of oxazole rings is 1. The number of aryl methyl sites for hydroxylation is 2. The van der Waals surface area contributed by atoms with Crippen molar-refractivity contribution in [1.82, 2.24) is 15.0 Å². The maximum Gasteiger partial charge on any atom is 0.192 e. The van der Waals surface area contributed by atoms with Crippen LogP contribution in [-0.4, -0.2) is 15.0 Å². The molecule has 0 radical (unpaired) electrons. The summed E-state index contributed by atoms with van der Waals surface area (Å²) in [7, 11) is 0. The van der Waals surface area contributed by atoms with Gasteiger partial charge in [0.1, 0.15) is 11.3 Å². The lowest BCUT2D eigenvalue weighted by Crippen LogP contribution is -2.03. The fourth-order valence-corrected chi connectivity index (χ4v) is 1.95. The quantitative estimate of drug-likeness (QED) is 0.778. The zero-order valence-electron chi connectivity index (χ0n) is 10.8. The molecule has 0 atom stereocenters. The summed E-state index contributed by atoms with van der Waals surface area (Å²) in [6.07, 6.45) is 1.77. The van der Waals surface area contributed by atoms with Crippen molar-refractivity contribution in [3.05, 3.63) is 47.9 Å². The van der Waals surface area contributed by atoms with Gasteiger partial charge in [0.15, 0.2) is 11.5 Å². The Bertz CT molecular complexity index is 720. The highest BCUT2D eigenvalue weighted by molar-refractivity contribution is 5.77. The summed E-state index contributed by atoms with van der Waals surface area (Å²) in [6, 6.07) is 7.77. The zero-order valence-corrected chi connectivity index (χ0v) is 10.8. The first kappa shape index (κ1) is 11.6. The van der Waals surface area contributed by atoms with E-state index in [0.717, 1.165) is 28.3 Å². The summed E-state index contributed by atoms with van der Waals surface area (Å²) in [6.45, 7) is 4.39. The number of fused-ring (bicyclic) bond motifs is 1. The van der Waals surface area contributed by atoms with Crippen LogP contribution in [0.2, 0.25) is 0 Å². The monoisotopic (exact) mass is 254 g/mol. The molecule has 0 unspecified atom stereocenters. The first-order valence-corrected chi connectivity index (χ1v) is 6.10. The van der Waals surface area contributed by atoms with E-state index >= 15 is 0 Å². The molecule has 0 aliphatic rings. The second-order valence-electron chi connectivity index (χ2n) is 4.36. The first-order chi connectivity index (χ1) is 9.20. The minimum atomic E-state index is 0.658. The molecule has 5 heteroatoms. The number of anilines is 1. The third-order valence-electron chi connectivity index (χ3n) is 2.80. The van der Waals surface area contributed by atoms with E-state index in [9.17, 15) is 0 Å². The summed E-state index contributed by atoms with van der Waals surface area (Å²) in [5.41, 5.74) is 3.63. The topological polar surface area (TPSA) is 63.8 Å². The van der Waals surface area contributed by atoms with Gasteiger partial charge >= 0.3 is 0 Å². The van der Waals surface area contributed by atoms with Gasteiger partial charge < -0.3 is 9.73 Å². The molecule has 0 aliphatic heterocycles. The van der Waals surface area contributed by atoms with E-state index in [-0.39, 0.29) is 0 Å². The third kappa shape index (κ3) is 2.54. The fourth-order valence-electron chi connectivity index (χ4n) is 1.95. The second kappa shape index (κ2) is 4.68. The molecule has 0 fully saturated rings. The Morgan fingerprint density at radius 3 is 2.89 bits per heavy atom. The number of hydrogen-bond acceptors (Lipinski definition) is 5. The molecule has 3 aromatic rings. The molecule has 0 aliphatic carbocycles. The van der Waals surface area contributed by atoms with Crippen LogP contribution >= 0.6 is 0 Å². The van der Waals surface area contributed by atoms with Gasteiger partial charge in [0, 0.05) is 18.8 Å². The van der Waals surface area contributed by atoms with Crippen molar-refractivity contribution >= 4 is 16.8 Å². The molecule has 1 aromatic carbocycles. The Morgan fingerprint density at radius 1 is 1.16 bits per heavy atom. The van der Waals surface area contributed by atoms with E-state index in [1.165, 1.54) is 0 Å². The summed E-state index contributed by atoms with van der Waals surface area (Å²) in [5.74, 6) is 1.46. The van der Waals surface area contributed by atoms with E-state index in [1.807, 2.05) is 38.1 Å². The summed E-state index contributed by atoms with van der Waals surface area (Å²) >= 11 is 0. The minimum absolute atomic E-state index is 0.658. The van der Waals surface area contributed by atoms with Crippen LogP contribution in [0.1, 0.15) is 17.4 Å². The zero-order chi connectivity index (χ0) is 13.2. The van der Waals surface area contributed by atoms with Crippen molar-refractivity contribution in [2.24, 2.45) is 0 Å². The Hall–Kier alpha value is -2.43. The molecule has 3 rings (SSSR count). The van der Waals surface area contributed by atoms with Crippen LogP contribution in [0.3, 0.4) is 0 Å². The van der Waals surface area contributed by atoms with Crippen molar-refractivity contribution in [2.75, 3.05) is 5.32 Å². The summed E-state index contributed by atoms with van der Waals surface area (Å²) in [4.78, 5) is 12.7. The van der Waals surface area contributed by atoms with Crippen LogP contribution in [0.25, 0.3) is 11.1 Å². The molecule has 0 spiro atoms. The van der Waals surface area contributed by atoms with Crippen LogP contribution in [0.4, 0.5) is 5.69 Å². The Kier molecular flexibility index (Phi) is 2.87. The summed E-state index contributed by atoms with van der Waals surface area (Å²) < 4.78 is 5.44. The van der Waals surface area contributed by atoms with Gasteiger partial charge in [-0.25, -0.2) is 15.0 Å². The van der Waals surface area contributed by atoms with E-state index in [2.05, 4.69) is 20.3 Å². The number of hydrogen-bond donors (Lipinski definition) is 1. The smallest absolute Gasteiger partial charge is 0.192 e.